The number of H-pyrrole nitrogens is 1. The number of ether oxygens (including phenoxy) is 1. The molecule has 0 aliphatic heterocycles. The number of hydrogen-bond donors (Lipinski definition) is 2. The number of anilines is 1. The molecule has 1 aromatic rings. The molecule has 1 rings (SSSR count). The van der Waals surface area contributed by atoms with Crippen molar-refractivity contribution >= 4 is 17.6 Å². The van der Waals surface area contributed by atoms with Crippen molar-refractivity contribution in [2.24, 2.45) is 0 Å². The fourth-order valence-corrected chi connectivity index (χ4v) is 1.79. The summed E-state index contributed by atoms with van der Waals surface area (Å²) in [5.41, 5.74) is -0.272. The molecule has 5 nitrogen and oxygen atoms in total. The molecule has 2 N–H and O–H groups in total. The van der Waals surface area contributed by atoms with Crippen molar-refractivity contribution in [1.29, 1.82) is 0 Å². The summed E-state index contributed by atoms with van der Waals surface area (Å²) in [4.78, 5) is 17.8. The average molecular weight is 229 g/mol. The summed E-state index contributed by atoms with van der Waals surface area (Å²) in [6, 6.07) is 0.239. The number of aromatic nitrogens is 2. The Labute approximate surface area is 92.6 Å². The van der Waals surface area contributed by atoms with Gasteiger partial charge in [-0.1, -0.05) is 0 Å². The first kappa shape index (κ1) is 11.9. The maximum atomic E-state index is 11.3. The molecule has 0 aliphatic rings. The van der Waals surface area contributed by atoms with E-state index in [9.17, 15) is 4.79 Å². The first-order chi connectivity index (χ1) is 7.19. The van der Waals surface area contributed by atoms with Crippen molar-refractivity contribution in [1.82, 2.24) is 9.97 Å². The predicted octanol–water partition coefficient (Wildman–Crippen LogP) is 0.942. The van der Waals surface area contributed by atoms with E-state index < -0.39 is 0 Å². The summed E-state index contributed by atoms with van der Waals surface area (Å²) in [5, 5.41) is 3.13. The van der Waals surface area contributed by atoms with E-state index >= 15 is 0 Å². The Morgan fingerprint density at radius 3 is 3.07 bits per heavy atom. The van der Waals surface area contributed by atoms with Crippen molar-refractivity contribution in [3.8, 4) is 5.75 Å². The van der Waals surface area contributed by atoms with Crippen LogP contribution in [0.15, 0.2) is 11.1 Å². The number of hydrogen-bond acceptors (Lipinski definition) is 5. The molecule has 6 heteroatoms. The second-order valence-electron chi connectivity index (χ2n) is 3.11. The quantitative estimate of drug-likeness (QED) is 0.786. The van der Waals surface area contributed by atoms with Gasteiger partial charge in [0.15, 0.2) is 5.82 Å². The van der Waals surface area contributed by atoms with Crippen LogP contribution in [0.5, 0.6) is 5.75 Å². The highest BCUT2D eigenvalue weighted by atomic mass is 32.2. The van der Waals surface area contributed by atoms with Gasteiger partial charge >= 0.3 is 0 Å². The van der Waals surface area contributed by atoms with Crippen LogP contribution in [-0.2, 0) is 0 Å². The molecular formula is C9H15N3O2S. The lowest BCUT2D eigenvalue weighted by atomic mass is 10.4. The van der Waals surface area contributed by atoms with E-state index in [1.54, 1.807) is 11.8 Å². The molecule has 0 amide bonds. The van der Waals surface area contributed by atoms with Gasteiger partial charge in [0, 0.05) is 11.8 Å². The van der Waals surface area contributed by atoms with Gasteiger partial charge in [-0.05, 0) is 13.2 Å². The highest BCUT2D eigenvalue weighted by Gasteiger charge is 2.10. The fraction of sp³-hybridized carbons (Fsp3) is 0.556. The van der Waals surface area contributed by atoms with Crippen LogP contribution in [0.25, 0.3) is 0 Å². The third-order valence-corrected chi connectivity index (χ3v) is 2.65. The lowest BCUT2D eigenvalue weighted by Gasteiger charge is -2.14. The molecule has 1 heterocycles. The SMILES string of the molecule is COc1c(NC(C)CSC)nc[nH]c1=O. The van der Waals surface area contributed by atoms with Gasteiger partial charge in [-0.3, -0.25) is 4.79 Å². The van der Waals surface area contributed by atoms with Gasteiger partial charge in [0.25, 0.3) is 5.56 Å². The van der Waals surface area contributed by atoms with Gasteiger partial charge < -0.3 is 15.0 Å². The second kappa shape index (κ2) is 5.65. The molecule has 0 saturated heterocycles. The molecule has 15 heavy (non-hydrogen) atoms. The monoisotopic (exact) mass is 229 g/mol. The third-order valence-electron chi connectivity index (χ3n) is 1.81. The topological polar surface area (TPSA) is 67.0 Å². The average Bonchev–Trinajstić information content (AvgIpc) is 2.18. The van der Waals surface area contributed by atoms with Gasteiger partial charge in [-0.2, -0.15) is 11.8 Å². The first-order valence-corrected chi connectivity index (χ1v) is 5.95. The fourth-order valence-electron chi connectivity index (χ4n) is 1.20. The van der Waals surface area contributed by atoms with Crippen molar-refractivity contribution < 1.29 is 4.74 Å². The van der Waals surface area contributed by atoms with Crippen LogP contribution in [0, 0.1) is 0 Å². The molecule has 1 unspecified atom stereocenters. The summed E-state index contributed by atoms with van der Waals surface area (Å²) in [6.45, 7) is 2.03. The number of rotatable bonds is 5. The van der Waals surface area contributed by atoms with Gasteiger partial charge in [0.2, 0.25) is 5.75 Å². The number of thioether (sulfide) groups is 1. The number of nitrogens with one attached hydrogen (secondary N) is 2. The largest absolute Gasteiger partial charge is 0.489 e. The van der Waals surface area contributed by atoms with E-state index in [4.69, 9.17) is 4.74 Å². The maximum Gasteiger partial charge on any atom is 0.295 e. The van der Waals surface area contributed by atoms with E-state index in [0.29, 0.717) is 5.82 Å². The molecular weight excluding hydrogens is 214 g/mol. The normalized spacial score (nSPS) is 12.2. The number of methoxy groups -OCH3 is 1. The Hall–Kier alpha value is -1.17. The minimum absolute atomic E-state index is 0.227. The highest BCUT2D eigenvalue weighted by Crippen LogP contribution is 2.16. The van der Waals surface area contributed by atoms with Gasteiger partial charge in [0.1, 0.15) is 0 Å². The molecule has 0 aromatic carbocycles. The molecule has 84 valence electrons. The molecule has 0 fully saturated rings. The highest BCUT2D eigenvalue weighted by molar-refractivity contribution is 7.98. The lowest BCUT2D eigenvalue weighted by Crippen LogP contribution is -2.22. The zero-order chi connectivity index (χ0) is 11.3. The molecule has 0 spiro atoms. The minimum atomic E-state index is -0.272. The lowest BCUT2D eigenvalue weighted by molar-refractivity contribution is 0.407. The van der Waals surface area contributed by atoms with Crippen molar-refractivity contribution in [3.05, 3.63) is 16.7 Å². The Kier molecular flexibility index (Phi) is 4.48. The second-order valence-corrected chi connectivity index (χ2v) is 4.02. The predicted molar refractivity (Wildman–Crippen MR) is 62.9 cm³/mol. The van der Waals surface area contributed by atoms with Gasteiger partial charge in [-0.15, -0.1) is 0 Å². The summed E-state index contributed by atoms with van der Waals surface area (Å²) >= 11 is 1.73. The molecule has 0 aliphatic carbocycles. The minimum Gasteiger partial charge on any atom is -0.489 e. The van der Waals surface area contributed by atoms with E-state index in [2.05, 4.69) is 15.3 Å². The van der Waals surface area contributed by atoms with Crippen LogP contribution < -0.4 is 15.6 Å². The Morgan fingerprint density at radius 2 is 2.47 bits per heavy atom. The number of nitrogens with zero attached hydrogens (tertiary/aromatic N) is 1. The smallest absolute Gasteiger partial charge is 0.295 e. The van der Waals surface area contributed by atoms with E-state index in [0.717, 1.165) is 5.75 Å². The van der Waals surface area contributed by atoms with Gasteiger partial charge in [-0.25, -0.2) is 4.98 Å². The first-order valence-electron chi connectivity index (χ1n) is 4.56. The molecule has 0 bridgehead atoms. The third kappa shape index (κ3) is 3.16. The number of aromatic amines is 1. The van der Waals surface area contributed by atoms with Crippen molar-refractivity contribution in [3.63, 3.8) is 0 Å². The van der Waals surface area contributed by atoms with Crippen LogP contribution in [0.2, 0.25) is 0 Å². The zero-order valence-corrected chi connectivity index (χ0v) is 9.85. The van der Waals surface area contributed by atoms with E-state index in [1.165, 1.54) is 13.4 Å². The van der Waals surface area contributed by atoms with Gasteiger partial charge in [0.05, 0.1) is 13.4 Å². The molecule has 1 atom stereocenters. The summed E-state index contributed by atoms with van der Waals surface area (Å²) in [6.07, 6.45) is 3.39. The maximum absolute atomic E-state index is 11.3. The van der Waals surface area contributed by atoms with Crippen LogP contribution in [0.3, 0.4) is 0 Å². The molecule has 0 radical (unpaired) electrons. The summed E-state index contributed by atoms with van der Waals surface area (Å²) in [7, 11) is 1.46. The van der Waals surface area contributed by atoms with Crippen LogP contribution in [0.1, 0.15) is 6.92 Å². The standard InChI is InChI=1S/C9H15N3O2S/c1-6(4-15-3)12-8-7(14-2)9(13)11-5-10-8/h5-6H,4H2,1-3H3,(H2,10,11,12,13). The van der Waals surface area contributed by atoms with Crippen molar-refractivity contribution in [2.75, 3.05) is 24.4 Å². The van der Waals surface area contributed by atoms with Crippen LogP contribution in [-0.4, -0.2) is 35.1 Å². The van der Waals surface area contributed by atoms with E-state index in [1.807, 2.05) is 13.2 Å². The van der Waals surface area contributed by atoms with Crippen molar-refractivity contribution in [2.45, 2.75) is 13.0 Å². The Bertz CT molecular complexity index is 367. The molecule has 0 saturated carbocycles. The van der Waals surface area contributed by atoms with Crippen LogP contribution >= 0.6 is 11.8 Å². The van der Waals surface area contributed by atoms with Crippen LogP contribution in [0.4, 0.5) is 5.82 Å². The Balaban J connectivity index is 2.84. The van der Waals surface area contributed by atoms with E-state index in [-0.39, 0.29) is 17.4 Å². The Morgan fingerprint density at radius 1 is 1.73 bits per heavy atom. The zero-order valence-electron chi connectivity index (χ0n) is 9.03. The molecule has 1 aromatic heterocycles. The summed E-state index contributed by atoms with van der Waals surface area (Å²) in [5.74, 6) is 1.66. The summed E-state index contributed by atoms with van der Waals surface area (Å²) < 4.78 is 4.98.